The van der Waals surface area contributed by atoms with Crippen LogP contribution in [0, 0.1) is 5.92 Å². The van der Waals surface area contributed by atoms with E-state index in [0.717, 1.165) is 24.4 Å². The highest BCUT2D eigenvalue weighted by Gasteiger charge is 2.41. The molecule has 2 N–H and O–H groups in total. The van der Waals surface area contributed by atoms with Crippen LogP contribution >= 0.6 is 0 Å². The lowest BCUT2D eigenvalue weighted by Crippen LogP contribution is -2.37. The Morgan fingerprint density at radius 1 is 1.35 bits per heavy atom. The van der Waals surface area contributed by atoms with Crippen LogP contribution in [-0.4, -0.2) is 16.6 Å². The van der Waals surface area contributed by atoms with Gasteiger partial charge in [0, 0.05) is 24.3 Å². The molecule has 2 atom stereocenters. The molecular weight excluding hydrogens is 250 g/mol. The van der Waals surface area contributed by atoms with Gasteiger partial charge in [0.1, 0.15) is 11.4 Å². The number of hydrogen-bond donors (Lipinski definition) is 1. The van der Waals surface area contributed by atoms with Gasteiger partial charge in [-0.15, -0.1) is 0 Å². The number of anilines is 1. The lowest BCUT2D eigenvalue weighted by atomic mass is 9.78. The molecule has 3 rings (SSSR count). The van der Waals surface area contributed by atoms with Gasteiger partial charge in [-0.25, -0.2) is 9.97 Å². The van der Waals surface area contributed by atoms with Gasteiger partial charge in [0.25, 0.3) is 0 Å². The van der Waals surface area contributed by atoms with Gasteiger partial charge in [0.05, 0.1) is 0 Å². The van der Waals surface area contributed by atoms with Crippen LogP contribution in [-0.2, 0) is 10.3 Å². The average Bonchev–Trinajstić information content (AvgIpc) is 3.22. The van der Waals surface area contributed by atoms with E-state index in [1.807, 2.05) is 6.07 Å². The van der Waals surface area contributed by atoms with Gasteiger partial charge in [-0.05, 0) is 44.9 Å². The Labute approximate surface area is 121 Å². The summed E-state index contributed by atoms with van der Waals surface area (Å²) < 4.78 is 6.16. The molecule has 1 aromatic rings. The van der Waals surface area contributed by atoms with E-state index in [9.17, 15) is 0 Å². The summed E-state index contributed by atoms with van der Waals surface area (Å²) in [6.45, 7) is 5.04. The molecule has 1 aromatic heterocycles. The first kappa shape index (κ1) is 13.8. The van der Waals surface area contributed by atoms with E-state index in [1.54, 1.807) is 0 Å². The van der Waals surface area contributed by atoms with E-state index in [-0.39, 0.29) is 5.60 Å². The van der Waals surface area contributed by atoms with Crippen molar-refractivity contribution >= 4 is 5.82 Å². The summed E-state index contributed by atoms with van der Waals surface area (Å²) in [6, 6.07) is 1.94. The largest absolute Gasteiger partial charge is 0.384 e. The van der Waals surface area contributed by atoms with E-state index >= 15 is 0 Å². The summed E-state index contributed by atoms with van der Waals surface area (Å²) in [5.74, 6) is 2.67. The number of nitrogens with zero attached hydrogens (tertiary/aromatic N) is 2. The minimum atomic E-state index is -0.314. The van der Waals surface area contributed by atoms with Gasteiger partial charge in [-0.2, -0.15) is 0 Å². The van der Waals surface area contributed by atoms with Crippen LogP contribution in [0.4, 0.5) is 5.82 Å². The van der Waals surface area contributed by atoms with Gasteiger partial charge in [0.2, 0.25) is 0 Å². The second-order valence-corrected chi connectivity index (χ2v) is 6.44. The first-order valence-electron chi connectivity index (χ1n) is 7.92. The number of hydrogen-bond acceptors (Lipinski definition) is 4. The van der Waals surface area contributed by atoms with Crippen LogP contribution < -0.4 is 5.73 Å². The Morgan fingerprint density at radius 3 is 2.80 bits per heavy atom. The monoisotopic (exact) mass is 275 g/mol. The van der Waals surface area contributed by atoms with Crippen molar-refractivity contribution in [3.63, 3.8) is 0 Å². The summed E-state index contributed by atoms with van der Waals surface area (Å²) in [4.78, 5) is 9.36. The molecule has 0 spiro atoms. The van der Waals surface area contributed by atoms with Gasteiger partial charge >= 0.3 is 0 Å². The van der Waals surface area contributed by atoms with Crippen molar-refractivity contribution in [1.82, 2.24) is 9.97 Å². The molecule has 0 aromatic carbocycles. The summed E-state index contributed by atoms with van der Waals surface area (Å²) >= 11 is 0. The van der Waals surface area contributed by atoms with Crippen LogP contribution in [0.1, 0.15) is 69.8 Å². The highest BCUT2D eigenvalue weighted by atomic mass is 16.5. The molecule has 4 heteroatoms. The quantitative estimate of drug-likeness (QED) is 0.915. The zero-order valence-electron chi connectivity index (χ0n) is 12.6. The smallest absolute Gasteiger partial charge is 0.162 e. The number of nitrogens with two attached hydrogens (primary N) is 1. The lowest BCUT2D eigenvalue weighted by molar-refractivity contribution is -0.0881. The first-order chi connectivity index (χ1) is 9.63. The second kappa shape index (κ2) is 5.32. The van der Waals surface area contributed by atoms with Crippen molar-refractivity contribution in [2.24, 2.45) is 5.92 Å². The summed E-state index contributed by atoms with van der Waals surface area (Å²) in [7, 11) is 0. The summed E-state index contributed by atoms with van der Waals surface area (Å²) in [6.07, 6.45) is 6.93. The van der Waals surface area contributed by atoms with Gasteiger partial charge in [0.15, 0.2) is 5.82 Å². The van der Waals surface area contributed by atoms with Crippen molar-refractivity contribution in [3.05, 3.63) is 17.6 Å². The van der Waals surface area contributed by atoms with Crippen LogP contribution in [0.3, 0.4) is 0 Å². The Balaban J connectivity index is 1.97. The molecule has 2 fully saturated rings. The van der Waals surface area contributed by atoms with Gasteiger partial charge < -0.3 is 10.5 Å². The third kappa shape index (κ3) is 2.66. The zero-order chi connectivity index (χ0) is 14.2. The molecule has 2 unspecified atom stereocenters. The number of aromatic nitrogens is 2. The molecule has 0 radical (unpaired) electrons. The number of rotatable bonds is 4. The predicted molar refractivity (Wildman–Crippen MR) is 79.4 cm³/mol. The van der Waals surface area contributed by atoms with Crippen LogP contribution in [0.5, 0.6) is 0 Å². The minimum Gasteiger partial charge on any atom is -0.384 e. The Bertz CT molecular complexity index is 483. The Morgan fingerprint density at radius 2 is 2.15 bits per heavy atom. The van der Waals surface area contributed by atoms with Gasteiger partial charge in [-0.1, -0.05) is 13.3 Å². The summed E-state index contributed by atoms with van der Waals surface area (Å²) in [5, 5.41) is 0. The van der Waals surface area contributed by atoms with Crippen molar-refractivity contribution in [1.29, 1.82) is 0 Å². The van der Waals surface area contributed by atoms with E-state index < -0.39 is 0 Å². The van der Waals surface area contributed by atoms with E-state index in [1.165, 1.54) is 25.7 Å². The average molecular weight is 275 g/mol. The predicted octanol–water partition coefficient (Wildman–Crippen LogP) is 3.38. The number of nitrogen functional groups attached to an aromatic ring is 1. The maximum atomic E-state index is 6.16. The topological polar surface area (TPSA) is 61.0 Å². The Hall–Kier alpha value is -1.16. The Kier molecular flexibility index (Phi) is 3.67. The molecule has 2 aliphatic rings. The van der Waals surface area contributed by atoms with Crippen molar-refractivity contribution in [2.75, 3.05) is 12.3 Å². The molecule has 0 saturated heterocycles. The van der Waals surface area contributed by atoms with Crippen LogP contribution in [0.25, 0.3) is 0 Å². The van der Waals surface area contributed by atoms with E-state index in [4.69, 9.17) is 15.5 Å². The fourth-order valence-electron chi connectivity index (χ4n) is 3.46. The second-order valence-electron chi connectivity index (χ2n) is 6.44. The number of ether oxygens (including phenoxy) is 1. The third-order valence-electron chi connectivity index (χ3n) is 4.55. The van der Waals surface area contributed by atoms with E-state index in [2.05, 4.69) is 18.8 Å². The molecule has 1 heterocycles. The minimum absolute atomic E-state index is 0.314. The van der Waals surface area contributed by atoms with Crippen molar-refractivity contribution in [2.45, 2.75) is 63.9 Å². The molecule has 2 saturated carbocycles. The maximum absolute atomic E-state index is 6.16. The van der Waals surface area contributed by atoms with Crippen molar-refractivity contribution in [3.8, 4) is 0 Å². The zero-order valence-corrected chi connectivity index (χ0v) is 12.6. The lowest BCUT2D eigenvalue weighted by Gasteiger charge is -2.38. The van der Waals surface area contributed by atoms with E-state index in [0.29, 0.717) is 24.3 Å². The normalized spacial score (nSPS) is 30.4. The third-order valence-corrected chi connectivity index (χ3v) is 4.55. The molecule has 0 aliphatic heterocycles. The molecule has 20 heavy (non-hydrogen) atoms. The summed E-state index contributed by atoms with van der Waals surface area (Å²) in [5.41, 5.74) is 6.82. The standard InChI is InChI=1S/C16H25N3O/c1-3-20-16(8-4-5-11(2)10-16)15-18-13(12-6-7-12)9-14(17)19-15/h9,11-12H,3-8,10H2,1-2H3,(H2,17,18,19). The first-order valence-corrected chi connectivity index (χ1v) is 7.92. The molecule has 110 valence electrons. The highest BCUT2D eigenvalue weighted by molar-refractivity contribution is 5.34. The fraction of sp³-hybridized carbons (Fsp3) is 0.750. The highest BCUT2D eigenvalue weighted by Crippen LogP contribution is 2.44. The molecule has 0 bridgehead atoms. The fourth-order valence-corrected chi connectivity index (χ4v) is 3.46. The van der Waals surface area contributed by atoms with Gasteiger partial charge in [-0.3, -0.25) is 0 Å². The molecule has 4 nitrogen and oxygen atoms in total. The molecule has 2 aliphatic carbocycles. The van der Waals surface area contributed by atoms with Crippen LogP contribution in [0.15, 0.2) is 6.07 Å². The maximum Gasteiger partial charge on any atom is 0.162 e. The molecule has 0 amide bonds. The van der Waals surface area contributed by atoms with Crippen molar-refractivity contribution < 1.29 is 4.74 Å². The SMILES string of the molecule is CCOC1(c2nc(N)cc(C3CC3)n2)CCCC(C)C1. The molecular formula is C16H25N3O. The van der Waals surface area contributed by atoms with Crippen LogP contribution in [0.2, 0.25) is 0 Å².